The Labute approximate surface area is 143 Å². The lowest BCUT2D eigenvalue weighted by Crippen LogP contribution is -2.43. The second-order valence-corrected chi connectivity index (χ2v) is 7.02. The largest absolute Gasteiger partial charge is 0.456 e. The molecule has 0 unspecified atom stereocenters. The van der Waals surface area contributed by atoms with Crippen LogP contribution in [0.3, 0.4) is 0 Å². The van der Waals surface area contributed by atoms with Crippen molar-refractivity contribution in [2.75, 3.05) is 18.2 Å². The number of thioether (sulfide) groups is 1. The number of carbonyl (C=O) groups excluding carboxylic acids is 3. The maximum Gasteiger partial charge on any atom is 0.330 e. The monoisotopic (exact) mass is 353 g/mol. The highest BCUT2D eigenvalue weighted by molar-refractivity contribution is 7.99. The number of amides is 1. The number of hydrogen-bond donors (Lipinski definition) is 0. The molecule has 2 fully saturated rings. The molecule has 1 aliphatic heterocycles. The molecule has 0 N–H and O–H groups in total. The molecule has 0 radical (unpaired) electrons. The van der Waals surface area contributed by atoms with Crippen molar-refractivity contribution in [3.8, 4) is 0 Å². The van der Waals surface area contributed by atoms with E-state index in [0.29, 0.717) is 22.2 Å². The Kier molecular flexibility index (Phi) is 4.92. The number of nitrogens with zero attached hydrogens (tertiary/aromatic N) is 1. The van der Waals surface area contributed by atoms with Gasteiger partial charge >= 0.3 is 5.97 Å². The summed E-state index contributed by atoms with van der Waals surface area (Å²) in [5.74, 6) is 0.229. The Morgan fingerprint density at radius 2 is 2.00 bits per heavy atom. The van der Waals surface area contributed by atoms with E-state index in [1.54, 1.807) is 29.2 Å². The van der Waals surface area contributed by atoms with Gasteiger partial charge in [-0.15, -0.1) is 11.8 Å². The van der Waals surface area contributed by atoms with Crippen LogP contribution in [0, 0.1) is 5.92 Å². The van der Waals surface area contributed by atoms with Crippen molar-refractivity contribution in [3.63, 3.8) is 0 Å². The van der Waals surface area contributed by atoms with E-state index >= 15 is 0 Å². The van der Waals surface area contributed by atoms with E-state index in [9.17, 15) is 14.4 Å². The summed E-state index contributed by atoms with van der Waals surface area (Å²) in [4.78, 5) is 38.0. The van der Waals surface area contributed by atoms with Gasteiger partial charge in [0.25, 0.3) is 0 Å². The Morgan fingerprint density at radius 1 is 1.26 bits per heavy atom. The summed E-state index contributed by atoms with van der Waals surface area (Å²) in [6.07, 6.45) is 1.79. The average molecular weight is 354 g/mol. The van der Waals surface area contributed by atoms with E-state index in [1.165, 1.54) is 11.8 Å². The molecule has 0 aromatic heterocycles. The van der Waals surface area contributed by atoms with E-state index in [0.717, 1.165) is 12.8 Å². The van der Waals surface area contributed by atoms with E-state index in [2.05, 4.69) is 0 Å². The number of esters is 1. The van der Waals surface area contributed by atoms with Crippen molar-refractivity contribution < 1.29 is 19.1 Å². The Balaban J connectivity index is 1.57. The molecule has 122 valence electrons. The number of rotatable bonds is 5. The van der Waals surface area contributed by atoms with Gasteiger partial charge in [-0.3, -0.25) is 9.59 Å². The van der Waals surface area contributed by atoms with Crippen molar-refractivity contribution in [3.05, 3.63) is 34.9 Å². The van der Waals surface area contributed by atoms with Crippen LogP contribution in [-0.4, -0.2) is 46.8 Å². The molecule has 0 bridgehead atoms. The topological polar surface area (TPSA) is 63.7 Å². The predicted molar refractivity (Wildman–Crippen MR) is 87.4 cm³/mol. The summed E-state index contributed by atoms with van der Waals surface area (Å²) in [5, 5.41) is 0.329. The molecule has 1 aliphatic carbocycles. The highest BCUT2D eigenvalue weighted by Crippen LogP contribution is 2.34. The van der Waals surface area contributed by atoms with Crippen molar-refractivity contribution in [2.45, 2.75) is 18.9 Å². The first-order chi connectivity index (χ1) is 11.1. The summed E-state index contributed by atoms with van der Waals surface area (Å²) in [5.41, 5.74) is 0.327. The van der Waals surface area contributed by atoms with Gasteiger partial charge in [-0.25, -0.2) is 4.79 Å². The molecule has 0 spiro atoms. The fourth-order valence-electron chi connectivity index (χ4n) is 2.42. The Hall–Kier alpha value is -1.53. The van der Waals surface area contributed by atoms with Gasteiger partial charge in [0.2, 0.25) is 11.7 Å². The highest BCUT2D eigenvalue weighted by Gasteiger charge is 2.42. The first-order valence-corrected chi connectivity index (χ1v) is 8.94. The first-order valence-electron chi connectivity index (χ1n) is 7.40. The van der Waals surface area contributed by atoms with Crippen LogP contribution in [0.5, 0.6) is 0 Å². The summed E-state index contributed by atoms with van der Waals surface area (Å²) >= 11 is 7.47. The number of Topliss-reactive ketones (excluding diaryl/α,β-unsaturated/α-hetero) is 1. The molecule has 1 heterocycles. The maximum absolute atomic E-state index is 12.2. The lowest BCUT2D eigenvalue weighted by molar-refractivity contribution is -0.152. The predicted octanol–water partition coefficient (Wildman–Crippen LogP) is 2.38. The standard InChI is InChI=1S/C16H16ClNO4S/c17-12-4-2-1-3-11(12)14(19)7-22-16(21)13-8-23-9-18(13)15(20)10-5-6-10/h1-4,10,13H,5-9H2/t13-/m1/s1. The zero-order chi connectivity index (χ0) is 16.4. The van der Waals surface area contributed by atoms with Crippen molar-refractivity contribution >= 4 is 41.0 Å². The Bertz CT molecular complexity index is 647. The van der Waals surface area contributed by atoms with Gasteiger partial charge in [-0.2, -0.15) is 0 Å². The minimum absolute atomic E-state index is 0.0226. The van der Waals surface area contributed by atoms with Gasteiger partial charge in [-0.1, -0.05) is 23.7 Å². The van der Waals surface area contributed by atoms with Crippen LogP contribution in [-0.2, 0) is 14.3 Å². The SMILES string of the molecule is O=C(COC(=O)[C@H]1CSCN1C(=O)C1CC1)c1ccccc1Cl. The van der Waals surface area contributed by atoms with E-state index in [-0.39, 0.29) is 24.2 Å². The summed E-state index contributed by atoms with van der Waals surface area (Å²) in [6.45, 7) is -0.366. The smallest absolute Gasteiger partial charge is 0.330 e. The van der Waals surface area contributed by atoms with Gasteiger partial charge in [0.15, 0.2) is 6.61 Å². The minimum Gasteiger partial charge on any atom is -0.456 e. The highest BCUT2D eigenvalue weighted by atomic mass is 35.5. The summed E-state index contributed by atoms with van der Waals surface area (Å²) in [7, 11) is 0. The third-order valence-corrected chi connectivity index (χ3v) is 5.23. The maximum atomic E-state index is 12.2. The first kappa shape index (κ1) is 16.3. The fourth-order valence-corrected chi connectivity index (χ4v) is 3.81. The van der Waals surface area contributed by atoms with Crippen LogP contribution < -0.4 is 0 Å². The van der Waals surface area contributed by atoms with Gasteiger partial charge in [0.05, 0.1) is 10.9 Å². The van der Waals surface area contributed by atoms with Crippen LogP contribution in [0.1, 0.15) is 23.2 Å². The molecule has 1 aromatic carbocycles. The second-order valence-electron chi connectivity index (χ2n) is 5.61. The molecule has 1 atom stereocenters. The van der Waals surface area contributed by atoms with Crippen LogP contribution >= 0.6 is 23.4 Å². The fraction of sp³-hybridized carbons (Fsp3) is 0.438. The molecular weight excluding hydrogens is 338 g/mol. The molecule has 1 aromatic rings. The third kappa shape index (κ3) is 3.70. The number of hydrogen-bond acceptors (Lipinski definition) is 5. The number of halogens is 1. The quantitative estimate of drug-likeness (QED) is 0.600. The number of benzene rings is 1. The molecule has 2 aliphatic rings. The van der Waals surface area contributed by atoms with E-state index < -0.39 is 12.0 Å². The Morgan fingerprint density at radius 3 is 2.70 bits per heavy atom. The summed E-state index contributed by atoms with van der Waals surface area (Å²) in [6, 6.07) is 6.03. The number of carbonyl (C=O) groups is 3. The molecule has 7 heteroatoms. The number of ether oxygens (including phenoxy) is 1. The minimum atomic E-state index is -0.591. The lowest BCUT2D eigenvalue weighted by atomic mass is 10.1. The molecule has 23 heavy (non-hydrogen) atoms. The normalized spacial score (nSPS) is 20.4. The molecular formula is C16H16ClNO4S. The van der Waals surface area contributed by atoms with Crippen molar-refractivity contribution in [1.82, 2.24) is 4.90 Å². The zero-order valence-corrected chi connectivity index (χ0v) is 13.9. The molecule has 5 nitrogen and oxygen atoms in total. The van der Waals surface area contributed by atoms with Gasteiger partial charge < -0.3 is 9.64 Å². The van der Waals surface area contributed by atoms with Crippen molar-refractivity contribution in [1.29, 1.82) is 0 Å². The van der Waals surface area contributed by atoms with Crippen LogP contribution in [0.15, 0.2) is 24.3 Å². The van der Waals surface area contributed by atoms with Crippen LogP contribution in [0.2, 0.25) is 5.02 Å². The molecule has 1 saturated heterocycles. The number of ketones is 1. The zero-order valence-electron chi connectivity index (χ0n) is 12.4. The van der Waals surface area contributed by atoms with E-state index in [4.69, 9.17) is 16.3 Å². The van der Waals surface area contributed by atoms with Crippen LogP contribution in [0.4, 0.5) is 0 Å². The van der Waals surface area contributed by atoms with E-state index in [1.807, 2.05) is 0 Å². The van der Waals surface area contributed by atoms with Crippen molar-refractivity contribution in [2.24, 2.45) is 5.92 Å². The second kappa shape index (κ2) is 6.93. The van der Waals surface area contributed by atoms with Gasteiger partial charge in [-0.05, 0) is 25.0 Å². The molecule has 3 rings (SSSR count). The van der Waals surface area contributed by atoms with Gasteiger partial charge in [0.1, 0.15) is 6.04 Å². The third-order valence-electron chi connectivity index (χ3n) is 3.88. The van der Waals surface area contributed by atoms with Crippen LogP contribution in [0.25, 0.3) is 0 Å². The average Bonchev–Trinajstić information content (AvgIpc) is 3.28. The summed E-state index contributed by atoms with van der Waals surface area (Å²) < 4.78 is 5.12. The van der Waals surface area contributed by atoms with Gasteiger partial charge in [0, 0.05) is 17.2 Å². The molecule has 1 amide bonds. The molecule has 1 saturated carbocycles. The lowest BCUT2D eigenvalue weighted by Gasteiger charge is -2.22.